The van der Waals surface area contributed by atoms with Crippen molar-refractivity contribution in [2.45, 2.75) is 6.42 Å². The van der Waals surface area contributed by atoms with E-state index in [1.807, 2.05) is 0 Å². The van der Waals surface area contributed by atoms with E-state index in [-0.39, 0.29) is 12.3 Å². The fourth-order valence-electron chi connectivity index (χ4n) is 1.07. The quantitative estimate of drug-likeness (QED) is 0.590. The average molecular weight is 257 g/mol. The van der Waals surface area contributed by atoms with Crippen LogP contribution in [0.3, 0.4) is 0 Å². The summed E-state index contributed by atoms with van der Waals surface area (Å²) in [6.07, 6.45) is 2.20. The van der Waals surface area contributed by atoms with Crippen molar-refractivity contribution in [3.63, 3.8) is 0 Å². The Labute approximate surface area is 103 Å². The van der Waals surface area contributed by atoms with Gasteiger partial charge < -0.3 is 15.5 Å². The Bertz CT molecular complexity index is 362. The molecule has 0 aliphatic heterocycles. The van der Waals surface area contributed by atoms with E-state index in [0.29, 0.717) is 12.5 Å². The highest BCUT2D eigenvalue weighted by Gasteiger charge is 2.05. The van der Waals surface area contributed by atoms with Crippen LogP contribution in [0, 0.1) is 0 Å². The van der Waals surface area contributed by atoms with Gasteiger partial charge in [0.15, 0.2) is 5.69 Å². The van der Waals surface area contributed by atoms with E-state index in [1.165, 1.54) is 12.3 Å². The van der Waals surface area contributed by atoms with Gasteiger partial charge in [0, 0.05) is 25.1 Å². The number of carbonyl (C=O) groups is 1. The molecule has 0 aliphatic carbocycles. The van der Waals surface area contributed by atoms with Crippen molar-refractivity contribution in [2.24, 2.45) is 0 Å². The number of aliphatic hydroxyl groups is 1. The lowest BCUT2D eigenvalue weighted by molar-refractivity contribution is 0.0690. The van der Waals surface area contributed by atoms with Gasteiger partial charge in [-0.2, -0.15) is 11.8 Å². The third-order valence-electron chi connectivity index (χ3n) is 1.85. The first-order valence-corrected chi connectivity index (χ1v) is 6.38. The summed E-state index contributed by atoms with van der Waals surface area (Å²) in [7, 11) is 0. The third kappa shape index (κ3) is 5.50. The standard InChI is InChI=1S/C10H15N3O3S/c14-5-1-6-17-7-4-12-10-11-3-2-8(13-10)9(15)16/h2-3,14H,1,4-7H2,(H,15,16)(H,11,12,13). The summed E-state index contributed by atoms with van der Waals surface area (Å²) in [6, 6.07) is 1.35. The van der Waals surface area contributed by atoms with E-state index in [2.05, 4.69) is 15.3 Å². The molecule has 0 spiro atoms. The second kappa shape index (κ2) is 7.86. The Morgan fingerprint density at radius 3 is 3.00 bits per heavy atom. The minimum Gasteiger partial charge on any atom is -0.477 e. The van der Waals surface area contributed by atoms with Gasteiger partial charge in [-0.3, -0.25) is 0 Å². The molecule has 3 N–H and O–H groups in total. The van der Waals surface area contributed by atoms with Crippen molar-refractivity contribution in [1.82, 2.24) is 9.97 Å². The number of hydrogen-bond acceptors (Lipinski definition) is 6. The second-order valence-electron chi connectivity index (χ2n) is 3.19. The lowest BCUT2D eigenvalue weighted by Gasteiger charge is -2.04. The predicted octanol–water partition coefficient (Wildman–Crippen LogP) is 0.702. The van der Waals surface area contributed by atoms with Gasteiger partial charge >= 0.3 is 5.97 Å². The fourth-order valence-corrected chi connectivity index (χ4v) is 1.85. The Kier molecular flexibility index (Phi) is 6.34. The summed E-state index contributed by atoms with van der Waals surface area (Å²) in [5.74, 6) is 1.04. The van der Waals surface area contributed by atoms with Crippen molar-refractivity contribution < 1.29 is 15.0 Å². The zero-order valence-corrected chi connectivity index (χ0v) is 10.1. The van der Waals surface area contributed by atoms with E-state index in [1.54, 1.807) is 11.8 Å². The maximum atomic E-state index is 10.7. The van der Waals surface area contributed by atoms with Crippen LogP contribution in [0.5, 0.6) is 0 Å². The molecule has 0 amide bonds. The van der Waals surface area contributed by atoms with Crippen molar-refractivity contribution in [3.8, 4) is 0 Å². The Balaban J connectivity index is 2.27. The molecule has 0 saturated carbocycles. The zero-order chi connectivity index (χ0) is 12.5. The van der Waals surface area contributed by atoms with Gasteiger partial charge in [-0.15, -0.1) is 0 Å². The number of thioether (sulfide) groups is 1. The topological polar surface area (TPSA) is 95.3 Å². The van der Waals surface area contributed by atoms with Crippen LogP contribution in [0.15, 0.2) is 12.3 Å². The van der Waals surface area contributed by atoms with Crippen LogP contribution < -0.4 is 5.32 Å². The molecule has 1 aromatic rings. The molecule has 6 nitrogen and oxygen atoms in total. The number of carboxylic acid groups (broad SMARTS) is 1. The first-order valence-electron chi connectivity index (χ1n) is 5.23. The molecular weight excluding hydrogens is 242 g/mol. The maximum absolute atomic E-state index is 10.7. The Morgan fingerprint density at radius 2 is 2.29 bits per heavy atom. The number of nitrogens with zero attached hydrogens (tertiary/aromatic N) is 2. The highest BCUT2D eigenvalue weighted by Crippen LogP contribution is 2.03. The molecule has 1 aromatic heterocycles. The number of aliphatic hydroxyl groups excluding tert-OH is 1. The molecule has 1 rings (SSSR count). The minimum absolute atomic E-state index is 0.0181. The van der Waals surface area contributed by atoms with Crippen LogP contribution in [0.25, 0.3) is 0 Å². The van der Waals surface area contributed by atoms with Gasteiger partial charge in [-0.25, -0.2) is 14.8 Å². The normalized spacial score (nSPS) is 10.2. The first-order chi connectivity index (χ1) is 8.24. The number of aromatic carboxylic acids is 1. The van der Waals surface area contributed by atoms with Gasteiger partial charge in [0.25, 0.3) is 0 Å². The average Bonchev–Trinajstić information content (AvgIpc) is 2.34. The van der Waals surface area contributed by atoms with E-state index >= 15 is 0 Å². The van der Waals surface area contributed by atoms with Crippen LogP contribution in [-0.2, 0) is 0 Å². The molecule has 0 bridgehead atoms. The van der Waals surface area contributed by atoms with Gasteiger partial charge in [0.2, 0.25) is 5.95 Å². The number of aromatic nitrogens is 2. The zero-order valence-electron chi connectivity index (χ0n) is 9.30. The van der Waals surface area contributed by atoms with Gasteiger partial charge in [-0.05, 0) is 18.2 Å². The predicted molar refractivity (Wildman–Crippen MR) is 66.5 cm³/mol. The van der Waals surface area contributed by atoms with Crippen LogP contribution in [0.4, 0.5) is 5.95 Å². The molecule has 7 heteroatoms. The molecular formula is C10H15N3O3S. The monoisotopic (exact) mass is 257 g/mol. The lowest BCUT2D eigenvalue weighted by atomic mass is 10.4. The summed E-state index contributed by atoms with van der Waals surface area (Å²) >= 11 is 1.71. The summed E-state index contributed by atoms with van der Waals surface area (Å²) in [5, 5.41) is 20.3. The summed E-state index contributed by atoms with van der Waals surface area (Å²) in [6.45, 7) is 0.878. The number of anilines is 1. The van der Waals surface area contributed by atoms with Crippen molar-refractivity contribution in [1.29, 1.82) is 0 Å². The molecule has 0 aliphatic rings. The number of nitrogens with one attached hydrogen (secondary N) is 1. The Morgan fingerprint density at radius 1 is 1.47 bits per heavy atom. The Hall–Kier alpha value is -1.34. The van der Waals surface area contributed by atoms with Gasteiger partial charge in [-0.1, -0.05) is 0 Å². The van der Waals surface area contributed by atoms with Crippen LogP contribution in [-0.4, -0.2) is 50.8 Å². The molecule has 0 atom stereocenters. The first kappa shape index (κ1) is 13.7. The van der Waals surface area contributed by atoms with Crippen LogP contribution in [0.1, 0.15) is 16.9 Å². The van der Waals surface area contributed by atoms with E-state index in [9.17, 15) is 4.79 Å². The highest BCUT2D eigenvalue weighted by molar-refractivity contribution is 7.99. The molecule has 17 heavy (non-hydrogen) atoms. The summed E-state index contributed by atoms with van der Waals surface area (Å²) in [5.41, 5.74) is -0.0181. The van der Waals surface area contributed by atoms with Gasteiger partial charge in [0.05, 0.1) is 0 Å². The summed E-state index contributed by atoms with van der Waals surface area (Å²) < 4.78 is 0. The molecule has 0 unspecified atom stereocenters. The molecule has 0 radical (unpaired) electrons. The van der Waals surface area contributed by atoms with Crippen molar-refractivity contribution >= 4 is 23.7 Å². The van der Waals surface area contributed by atoms with Crippen LogP contribution in [0.2, 0.25) is 0 Å². The van der Waals surface area contributed by atoms with E-state index in [4.69, 9.17) is 10.2 Å². The number of carboxylic acids is 1. The summed E-state index contributed by atoms with van der Waals surface area (Å²) in [4.78, 5) is 18.4. The highest BCUT2D eigenvalue weighted by atomic mass is 32.2. The van der Waals surface area contributed by atoms with E-state index in [0.717, 1.165) is 17.9 Å². The fraction of sp³-hybridized carbons (Fsp3) is 0.500. The maximum Gasteiger partial charge on any atom is 0.354 e. The minimum atomic E-state index is -1.06. The van der Waals surface area contributed by atoms with Crippen molar-refractivity contribution in [3.05, 3.63) is 18.0 Å². The van der Waals surface area contributed by atoms with Crippen LogP contribution >= 0.6 is 11.8 Å². The molecule has 0 fully saturated rings. The lowest BCUT2D eigenvalue weighted by Crippen LogP contribution is -2.10. The van der Waals surface area contributed by atoms with Crippen molar-refractivity contribution in [2.75, 3.05) is 30.0 Å². The molecule has 94 valence electrons. The second-order valence-corrected chi connectivity index (χ2v) is 4.41. The largest absolute Gasteiger partial charge is 0.477 e. The number of hydrogen-bond donors (Lipinski definition) is 3. The molecule has 0 saturated heterocycles. The van der Waals surface area contributed by atoms with E-state index < -0.39 is 5.97 Å². The number of rotatable bonds is 8. The SMILES string of the molecule is O=C(O)c1ccnc(NCCSCCCO)n1. The third-order valence-corrected chi connectivity index (χ3v) is 2.92. The molecule has 1 heterocycles. The molecule has 0 aromatic carbocycles. The smallest absolute Gasteiger partial charge is 0.354 e. The van der Waals surface area contributed by atoms with Gasteiger partial charge in [0.1, 0.15) is 0 Å².